The SMILES string of the molecule is CCCCCCC/C=C\C/C=C\C/C=C\CCCCCCCCCCCCCCC(=O)NC(COC1OC(CO)C(O)C(O)C1O)C(O)/C=C/CC/C=C/CCCCCCCCCCC. The van der Waals surface area contributed by atoms with E-state index < -0.39 is 49.5 Å². The van der Waals surface area contributed by atoms with E-state index in [0.717, 1.165) is 51.4 Å². The van der Waals surface area contributed by atoms with E-state index >= 15 is 0 Å². The van der Waals surface area contributed by atoms with Gasteiger partial charge in [-0.1, -0.05) is 216 Å². The van der Waals surface area contributed by atoms with E-state index in [0.29, 0.717) is 6.42 Å². The molecule has 1 fully saturated rings. The minimum absolute atomic E-state index is 0.190. The number of carbonyl (C=O) groups is 1. The molecule has 378 valence electrons. The fourth-order valence-corrected chi connectivity index (χ4v) is 8.24. The van der Waals surface area contributed by atoms with Crippen molar-refractivity contribution in [2.45, 2.75) is 275 Å². The molecule has 0 aromatic carbocycles. The molecule has 1 aliphatic rings. The number of allylic oxidation sites excluding steroid dienone is 9. The highest BCUT2D eigenvalue weighted by Gasteiger charge is 2.44. The van der Waals surface area contributed by atoms with Gasteiger partial charge in [-0.05, 0) is 70.6 Å². The van der Waals surface area contributed by atoms with Gasteiger partial charge in [-0.15, -0.1) is 0 Å². The second kappa shape index (κ2) is 45.7. The lowest BCUT2D eigenvalue weighted by Gasteiger charge is -2.40. The molecule has 9 heteroatoms. The fraction of sp³-hybridized carbons (Fsp3) is 0.804. The molecule has 0 radical (unpaired) electrons. The van der Waals surface area contributed by atoms with Crippen molar-refractivity contribution in [3.63, 3.8) is 0 Å². The van der Waals surface area contributed by atoms with Gasteiger partial charge in [-0.3, -0.25) is 4.79 Å². The summed E-state index contributed by atoms with van der Waals surface area (Å²) in [6, 6.07) is -0.824. The van der Waals surface area contributed by atoms with Crippen LogP contribution < -0.4 is 5.32 Å². The molecule has 1 aliphatic heterocycles. The van der Waals surface area contributed by atoms with E-state index in [2.05, 4.69) is 67.8 Å². The maximum absolute atomic E-state index is 13.0. The summed E-state index contributed by atoms with van der Waals surface area (Å²) >= 11 is 0. The van der Waals surface area contributed by atoms with Gasteiger partial charge in [0.2, 0.25) is 5.91 Å². The molecule has 1 amide bonds. The lowest BCUT2D eigenvalue weighted by Crippen LogP contribution is -2.60. The number of amides is 1. The maximum Gasteiger partial charge on any atom is 0.220 e. The zero-order valence-corrected chi connectivity index (χ0v) is 41.7. The topological polar surface area (TPSA) is 149 Å². The third-order valence-corrected chi connectivity index (χ3v) is 12.6. The van der Waals surface area contributed by atoms with Gasteiger partial charge in [0, 0.05) is 6.42 Å². The monoisotopic (exact) mass is 916 g/mol. The van der Waals surface area contributed by atoms with E-state index in [-0.39, 0.29) is 12.5 Å². The first kappa shape index (κ1) is 60.9. The Kier molecular flexibility index (Phi) is 42.8. The normalized spacial score (nSPS) is 20.4. The van der Waals surface area contributed by atoms with Crippen molar-refractivity contribution in [2.75, 3.05) is 13.2 Å². The Labute approximate surface area is 398 Å². The second-order valence-corrected chi connectivity index (χ2v) is 18.7. The van der Waals surface area contributed by atoms with Crippen LogP contribution in [0.25, 0.3) is 0 Å². The number of hydrogen-bond donors (Lipinski definition) is 6. The summed E-state index contributed by atoms with van der Waals surface area (Å²) in [6.07, 6.45) is 54.2. The Morgan fingerprint density at radius 1 is 0.523 bits per heavy atom. The van der Waals surface area contributed by atoms with Gasteiger partial charge in [0.15, 0.2) is 6.29 Å². The number of carbonyl (C=O) groups excluding carboxylic acids is 1. The summed E-state index contributed by atoms with van der Waals surface area (Å²) in [5, 5.41) is 54.3. The highest BCUT2D eigenvalue weighted by Crippen LogP contribution is 2.23. The van der Waals surface area contributed by atoms with Gasteiger partial charge < -0.3 is 40.3 Å². The third-order valence-electron chi connectivity index (χ3n) is 12.6. The summed E-state index contributed by atoms with van der Waals surface area (Å²) < 4.78 is 11.2. The van der Waals surface area contributed by atoms with E-state index in [4.69, 9.17) is 9.47 Å². The van der Waals surface area contributed by atoms with Crippen molar-refractivity contribution in [2.24, 2.45) is 0 Å². The van der Waals surface area contributed by atoms with Crippen LogP contribution in [0.4, 0.5) is 0 Å². The molecular weight excluding hydrogens is 815 g/mol. The lowest BCUT2D eigenvalue weighted by molar-refractivity contribution is -0.302. The van der Waals surface area contributed by atoms with Gasteiger partial charge in [-0.25, -0.2) is 0 Å². The van der Waals surface area contributed by atoms with Crippen LogP contribution in [0.5, 0.6) is 0 Å². The first-order valence-electron chi connectivity index (χ1n) is 27.0. The van der Waals surface area contributed by atoms with Crippen LogP contribution in [-0.4, -0.2) is 87.5 Å². The summed E-state index contributed by atoms with van der Waals surface area (Å²) in [6.45, 7) is 3.75. The van der Waals surface area contributed by atoms with Crippen molar-refractivity contribution in [1.82, 2.24) is 5.32 Å². The van der Waals surface area contributed by atoms with E-state index in [1.807, 2.05) is 6.08 Å². The predicted molar refractivity (Wildman–Crippen MR) is 272 cm³/mol. The van der Waals surface area contributed by atoms with Crippen LogP contribution in [0.15, 0.2) is 60.8 Å². The first-order chi connectivity index (χ1) is 31.8. The standard InChI is InChI=1S/C56H101NO8/c1-3-5-7-9-11-13-15-17-19-20-21-22-23-24-25-26-27-28-29-30-32-34-36-38-40-42-44-46-52(60)57-49(48-64-56-55(63)54(62)53(61)51(47-58)65-56)50(59)45-43-41-39-37-35-33-31-18-16-14-12-10-8-6-4-2/h15,17,20-21,23-24,35,37,43,45,49-51,53-56,58-59,61-63H,3-14,16,18-19,22,25-34,36,38-42,44,46-48H2,1-2H3,(H,57,60)/b17-15-,21-20-,24-23-,37-35+,45-43+. The van der Waals surface area contributed by atoms with E-state index in [1.165, 1.54) is 161 Å². The maximum atomic E-state index is 13.0. The molecule has 7 atom stereocenters. The number of hydrogen-bond acceptors (Lipinski definition) is 8. The molecule has 0 spiro atoms. The van der Waals surface area contributed by atoms with E-state index in [9.17, 15) is 30.3 Å². The highest BCUT2D eigenvalue weighted by atomic mass is 16.7. The molecule has 0 saturated carbocycles. The average molecular weight is 916 g/mol. The molecule has 0 aromatic heterocycles. The number of ether oxygens (including phenoxy) is 2. The van der Waals surface area contributed by atoms with Crippen LogP contribution in [0.1, 0.15) is 232 Å². The molecule has 0 aliphatic carbocycles. The molecule has 1 rings (SSSR count). The Morgan fingerprint density at radius 3 is 1.40 bits per heavy atom. The Balaban J connectivity index is 2.24. The van der Waals surface area contributed by atoms with Crippen LogP contribution in [0.2, 0.25) is 0 Å². The molecule has 65 heavy (non-hydrogen) atoms. The average Bonchev–Trinajstić information content (AvgIpc) is 3.31. The Bertz CT molecular complexity index is 1200. The zero-order valence-electron chi connectivity index (χ0n) is 41.7. The Morgan fingerprint density at radius 2 is 0.923 bits per heavy atom. The summed E-state index contributed by atoms with van der Waals surface area (Å²) in [5.41, 5.74) is 0. The first-order valence-corrected chi connectivity index (χ1v) is 27.0. The van der Waals surface area contributed by atoms with Gasteiger partial charge in [-0.2, -0.15) is 0 Å². The summed E-state index contributed by atoms with van der Waals surface area (Å²) in [4.78, 5) is 13.0. The second-order valence-electron chi connectivity index (χ2n) is 18.7. The third kappa shape index (κ3) is 35.7. The molecular formula is C56H101NO8. The fourth-order valence-electron chi connectivity index (χ4n) is 8.24. The number of rotatable bonds is 45. The van der Waals surface area contributed by atoms with Gasteiger partial charge in [0.1, 0.15) is 24.4 Å². The molecule has 7 unspecified atom stereocenters. The minimum Gasteiger partial charge on any atom is -0.394 e. The van der Waals surface area contributed by atoms with E-state index in [1.54, 1.807) is 6.08 Å². The van der Waals surface area contributed by atoms with Gasteiger partial charge in [0.25, 0.3) is 0 Å². The smallest absolute Gasteiger partial charge is 0.220 e. The number of aliphatic hydroxyl groups excluding tert-OH is 5. The Hall–Kier alpha value is -2.11. The van der Waals surface area contributed by atoms with Crippen LogP contribution in [0.3, 0.4) is 0 Å². The molecule has 0 aromatic rings. The quantitative estimate of drug-likeness (QED) is 0.0261. The van der Waals surface area contributed by atoms with Crippen molar-refractivity contribution >= 4 is 5.91 Å². The lowest BCUT2D eigenvalue weighted by atomic mass is 9.99. The molecule has 6 N–H and O–H groups in total. The minimum atomic E-state index is -1.57. The van der Waals surface area contributed by atoms with Crippen molar-refractivity contribution < 1.29 is 39.8 Å². The number of aliphatic hydroxyl groups is 5. The van der Waals surface area contributed by atoms with Crippen molar-refractivity contribution in [3.8, 4) is 0 Å². The van der Waals surface area contributed by atoms with Crippen LogP contribution in [-0.2, 0) is 14.3 Å². The van der Waals surface area contributed by atoms with Gasteiger partial charge in [0.05, 0.1) is 25.4 Å². The van der Waals surface area contributed by atoms with Crippen molar-refractivity contribution in [3.05, 3.63) is 60.8 Å². The molecule has 1 heterocycles. The number of unbranched alkanes of at least 4 members (excludes halogenated alkanes) is 27. The van der Waals surface area contributed by atoms with Gasteiger partial charge >= 0.3 is 0 Å². The summed E-state index contributed by atoms with van der Waals surface area (Å²) in [5.74, 6) is -0.190. The van der Waals surface area contributed by atoms with Crippen LogP contribution in [0, 0.1) is 0 Å². The predicted octanol–water partition coefficient (Wildman–Crippen LogP) is 12.7. The highest BCUT2D eigenvalue weighted by molar-refractivity contribution is 5.76. The molecule has 0 bridgehead atoms. The molecule has 9 nitrogen and oxygen atoms in total. The zero-order chi connectivity index (χ0) is 47.3. The largest absolute Gasteiger partial charge is 0.394 e. The van der Waals surface area contributed by atoms with Crippen molar-refractivity contribution in [1.29, 1.82) is 0 Å². The van der Waals surface area contributed by atoms with Crippen LogP contribution >= 0.6 is 0 Å². The molecule has 1 saturated heterocycles. The summed E-state index contributed by atoms with van der Waals surface area (Å²) in [7, 11) is 0. The number of nitrogens with one attached hydrogen (secondary N) is 1.